The van der Waals surface area contributed by atoms with Crippen molar-refractivity contribution in [3.63, 3.8) is 0 Å². The second-order valence-electron chi connectivity index (χ2n) is 4.94. The van der Waals surface area contributed by atoms with Gasteiger partial charge in [-0.05, 0) is 31.9 Å². The van der Waals surface area contributed by atoms with Crippen LogP contribution in [-0.4, -0.2) is 0 Å². The van der Waals surface area contributed by atoms with Gasteiger partial charge in [0, 0.05) is 0 Å². The average Bonchev–Trinajstić information content (AvgIpc) is 2.29. The highest BCUT2D eigenvalue weighted by molar-refractivity contribution is 5.40. The van der Waals surface area contributed by atoms with Gasteiger partial charge in [0.15, 0.2) is 0 Å². The van der Waals surface area contributed by atoms with Crippen molar-refractivity contribution in [3.8, 4) is 0 Å². The van der Waals surface area contributed by atoms with Crippen LogP contribution in [0.2, 0.25) is 0 Å². The van der Waals surface area contributed by atoms with Crippen molar-refractivity contribution >= 4 is 0 Å². The monoisotopic (exact) mass is 225 g/mol. The molecule has 0 heterocycles. The van der Waals surface area contributed by atoms with Crippen LogP contribution < -0.4 is 5.73 Å². The van der Waals surface area contributed by atoms with E-state index in [0.29, 0.717) is 0 Å². The normalized spacial score (nSPS) is 14.4. The zero-order chi connectivity index (χ0) is 12.5. The van der Waals surface area contributed by atoms with Crippen LogP contribution in [0.25, 0.3) is 0 Å². The van der Waals surface area contributed by atoms with E-state index in [4.69, 9.17) is 5.73 Å². The van der Waals surface area contributed by atoms with E-state index in [1.807, 2.05) is 18.2 Å². The fraction of sp³-hybridized carbons (Fsp3) is 0.250. The number of nitrogens with two attached hydrogens (primary N) is 1. The molecule has 17 heavy (non-hydrogen) atoms. The molecule has 0 saturated carbocycles. The van der Waals surface area contributed by atoms with Gasteiger partial charge in [-0.2, -0.15) is 0 Å². The number of aryl methyl sites for hydroxylation is 2. The van der Waals surface area contributed by atoms with E-state index in [2.05, 4.69) is 51.1 Å². The fourth-order valence-corrected chi connectivity index (χ4v) is 2.23. The quantitative estimate of drug-likeness (QED) is 0.831. The smallest absolute Gasteiger partial charge is 0.0637 e. The molecular formula is C16H19N. The van der Waals surface area contributed by atoms with Crippen LogP contribution >= 0.6 is 0 Å². The van der Waals surface area contributed by atoms with Crippen molar-refractivity contribution in [2.45, 2.75) is 26.3 Å². The van der Waals surface area contributed by atoms with Crippen molar-refractivity contribution in [3.05, 3.63) is 70.8 Å². The molecule has 0 amide bonds. The van der Waals surface area contributed by atoms with Gasteiger partial charge < -0.3 is 5.73 Å². The van der Waals surface area contributed by atoms with Crippen molar-refractivity contribution in [2.75, 3.05) is 0 Å². The van der Waals surface area contributed by atoms with Crippen LogP contribution in [0.15, 0.2) is 48.5 Å². The lowest BCUT2D eigenvalue weighted by molar-refractivity contribution is 0.602. The number of hydrogen-bond acceptors (Lipinski definition) is 1. The van der Waals surface area contributed by atoms with Crippen molar-refractivity contribution in [1.82, 2.24) is 0 Å². The number of hydrogen-bond donors (Lipinski definition) is 1. The van der Waals surface area contributed by atoms with Crippen LogP contribution in [-0.2, 0) is 5.54 Å². The third-order valence-electron chi connectivity index (χ3n) is 3.19. The summed E-state index contributed by atoms with van der Waals surface area (Å²) in [5.41, 5.74) is 10.9. The number of benzene rings is 2. The number of rotatable bonds is 2. The van der Waals surface area contributed by atoms with Gasteiger partial charge in [0.25, 0.3) is 0 Å². The molecule has 0 bridgehead atoms. The van der Waals surface area contributed by atoms with E-state index in [9.17, 15) is 0 Å². The van der Waals surface area contributed by atoms with Gasteiger partial charge in [-0.15, -0.1) is 0 Å². The lowest BCUT2D eigenvalue weighted by atomic mass is 9.84. The Hall–Kier alpha value is -1.60. The summed E-state index contributed by atoms with van der Waals surface area (Å²) in [7, 11) is 0. The maximum absolute atomic E-state index is 6.50. The molecule has 88 valence electrons. The molecule has 2 rings (SSSR count). The summed E-state index contributed by atoms with van der Waals surface area (Å²) in [6, 6.07) is 16.7. The molecule has 1 atom stereocenters. The van der Waals surface area contributed by atoms with Crippen molar-refractivity contribution < 1.29 is 0 Å². The third-order valence-corrected chi connectivity index (χ3v) is 3.19. The van der Waals surface area contributed by atoms with Crippen molar-refractivity contribution in [2.24, 2.45) is 5.73 Å². The van der Waals surface area contributed by atoms with Gasteiger partial charge >= 0.3 is 0 Å². The van der Waals surface area contributed by atoms with Gasteiger partial charge in [0.1, 0.15) is 0 Å². The maximum Gasteiger partial charge on any atom is 0.0637 e. The Morgan fingerprint density at radius 2 is 1.35 bits per heavy atom. The molecule has 2 aromatic rings. The Morgan fingerprint density at radius 1 is 0.824 bits per heavy atom. The standard InChI is InChI=1S/C16H19N/c1-12-9-13(2)11-15(10-12)16(3,17)14-7-5-4-6-8-14/h4-11H,17H2,1-3H3. The maximum atomic E-state index is 6.50. The minimum Gasteiger partial charge on any atom is -0.318 e. The van der Waals surface area contributed by atoms with Crippen LogP contribution in [0.3, 0.4) is 0 Å². The Kier molecular flexibility index (Phi) is 3.03. The highest BCUT2D eigenvalue weighted by Gasteiger charge is 2.23. The van der Waals surface area contributed by atoms with Gasteiger partial charge in [-0.25, -0.2) is 0 Å². The SMILES string of the molecule is Cc1cc(C)cc(C(C)(N)c2ccccc2)c1. The largest absolute Gasteiger partial charge is 0.318 e. The minimum atomic E-state index is -0.432. The summed E-state index contributed by atoms with van der Waals surface area (Å²) in [6.07, 6.45) is 0. The van der Waals surface area contributed by atoms with Crippen LogP contribution in [0, 0.1) is 13.8 Å². The summed E-state index contributed by atoms with van der Waals surface area (Å²) >= 11 is 0. The molecule has 0 radical (unpaired) electrons. The molecule has 0 aromatic heterocycles. The molecule has 1 nitrogen and oxygen atoms in total. The highest BCUT2D eigenvalue weighted by atomic mass is 14.7. The summed E-state index contributed by atoms with van der Waals surface area (Å²) in [4.78, 5) is 0. The molecule has 0 aliphatic rings. The predicted octanol–water partition coefficient (Wildman–Crippen LogP) is 3.53. The molecule has 0 aliphatic carbocycles. The van der Waals surface area contributed by atoms with E-state index < -0.39 is 5.54 Å². The molecular weight excluding hydrogens is 206 g/mol. The first-order valence-electron chi connectivity index (χ1n) is 5.93. The fourth-order valence-electron chi connectivity index (χ4n) is 2.23. The molecule has 1 unspecified atom stereocenters. The minimum absolute atomic E-state index is 0.432. The van der Waals surface area contributed by atoms with E-state index in [-0.39, 0.29) is 0 Å². The second-order valence-corrected chi connectivity index (χ2v) is 4.94. The highest BCUT2D eigenvalue weighted by Crippen LogP contribution is 2.27. The molecule has 0 saturated heterocycles. The summed E-state index contributed by atoms with van der Waals surface area (Å²) in [5, 5.41) is 0. The molecule has 2 aromatic carbocycles. The van der Waals surface area contributed by atoms with E-state index in [1.165, 1.54) is 16.7 Å². The lowest BCUT2D eigenvalue weighted by Gasteiger charge is -2.26. The van der Waals surface area contributed by atoms with Gasteiger partial charge in [-0.3, -0.25) is 0 Å². The Balaban J connectivity index is 2.51. The predicted molar refractivity (Wildman–Crippen MR) is 73.0 cm³/mol. The first kappa shape index (κ1) is 11.9. The molecule has 0 spiro atoms. The van der Waals surface area contributed by atoms with Gasteiger partial charge in [-0.1, -0.05) is 59.7 Å². The van der Waals surface area contributed by atoms with Gasteiger partial charge in [0.05, 0.1) is 5.54 Å². The zero-order valence-electron chi connectivity index (χ0n) is 10.7. The van der Waals surface area contributed by atoms with E-state index >= 15 is 0 Å². The molecule has 0 fully saturated rings. The van der Waals surface area contributed by atoms with Crippen LogP contribution in [0.1, 0.15) is 29.2 Å². The zero-order valence-corrected chi connectivity index (χ0v) is 10.7. The van der Waals surface area contributed by atoms with Crippen LogP contribution in [0.4, 0.5) is 0 Å². The Bertz CT molecular complexity index is 492. The summed E-state index contributed by atoms with van der Waals surface area (Å²) in [5.74, 6) is 0. The summed E-state index contributed by atoms with van der Waals surface area (Å²) < 4.78 is 0. The summed E-state index contributed by atoms with van der Waals surface area (Å²) in [6.45, 7) is 6.28. The average molecular weight is 225 g/mol. The molecule has 1 heteroatoms. The first-order valence-corrected chi connectivity index (χ1v) is 5.93. The van der Waals surface area contributed by atoms with E-state index in [0.717, 1.165) is 5.56 Å². The second kappa shape index (κ2) is 4.34. The lowest BCUT2D eigenvalue weighted by Crippen LogP contribution is -2.34. The Labute approximate surface area is 103 Å². The van der Waals surface area contributed by atoms with Crippen LogP contribution in [0.5, 0.6) is 0 Å². The molecule has 0 aliphatic heterocycles. The van der Waals surface area contributed by atoms with E-state index in [1.54, 1.807) is 0 Å². The third kappa shape index (κ3) is 2.40. The van der Waals surface area contributed by atoms with Gasteiger partial charge in [0.2, 0.25) is 0 Å². The first-order chi connectivity index (χ1) is 8.00. The van der Waals surface area contributed by atoms with Crippen molar-refractivity contribution in [1.29, 1.82) is 0 Å². The molecule has 2 N–H and O–H groups in total. The topological polar surface area (TPSA) is 26.0 Å². The Morgan fingerprint density at radius 3 is 1.88 bits per heavy atom.